The molecule has 1 aromatic heterocycles. The first-order chi connectivity index (χ1) is 17.0. The molecule has 9 nitrogen and oxygen atoms in total. The topological polar surface area (TPSA) is 111 Å². The molecule has 2 aromatic carbocycles. The summed E-state index contributed by atoms with van der Waals surface area (Å²) in [5.74, 6) is 0.503. The number of halogens is 3. The molecule has 36 heavy (non-hydrogen) atoms. The summed E-state index contributed by atoms with van der Waals surface area (Å²) < 4.78 is 68.1. The minimum atomic E-state index is -4.86. The van der Waals surface area contributed by atoms with Gasteiger partial charge < -0.3 is 15.0 Å². The van der Waals surface area contributed by atoms with Gasteiger partial charge in [0.15, 0.2) is 0 Å². The summed E-state index contributed by atoms with van der Waals surface area (Å²) in [6, 6.07) is 14.9. The molecule has 3 aromatic rings. The van der Waals surface area contributed by atoms with E-state index in [0.29, 0.717) is 36.1 Å². The van der Waals surface area contributed by atoms with E-state index in [9.17, 15) is 21.6 Å². The maximum Gasteiger partial charge on any atom is 0.573 e. The van der Waals surface area contributed by atoms with Crippen LogP contribution in [0.5, 0.6) is 5.75 Å². The van der Waals surface area contributed by atoms with Gasteiger partial charge in [-0.1, -0.05) is 0 Å². The van der Waals surface area contributed by atoms with Crippen molar-refractivity contribution in [2.75, 3.05) is 36.4 Å². The monoisotopic (exact) mass is 518 g/mol. The van der Waals surface area contributed by atoms with Crippen molar-refractivity contribution >= 4 is 27.5 Å². The third kappa shape index (κ3) is 6.02. The summed E-state index contributed by atoms with van der Waals surface area (Å²) in [7, 11) is -3.90. The van der Waals surface area contributed by atoms with Gasteiger partial charge in [-0.2, -0.15) is 14.6 Å². The Hall–Kier alpha value is -3.89. The molecule has 0 spiro atoms. The highest BCUT2D eigenvalue weighted by atomic mass is 32.2. The minimum absolute atomic E-state index is 0.119. The zero-order chi connectivity index (χ0) is 25.9. The molecule has 0 unspecified atom stereocenters. The van der Waals surface area contributed by atoms with Crippen molar-refractivity contribution in [2.24, 2.45) is 0 Å². The van der Waals surface area contributed by atoms with Crippen LogP contribution in [0.25, 0.3) is 0 Å². The smallest absolute Gasteiger partial charge is 0.406 e. The first kappa shape index (κ1) is 25.2. The molecule has 1 saturated heterocycles. The molecule has 0 atom stereocenters. The molecule has 188 valence electrons. The molecule has 2 heterocycles. The van der Waals surface area contributed by atoms with Gasteiger partial charge in [-0.3, -0.25) is 0 Å². The van der Waals surface area contributed by atoms with Gasteiger partial charge in [0.25, 0.3) is 0 Å². The van der Waals surface area contributed by atoms with Gasteiger partial charge in [0.2, 0.25) is 16.0 Å². The molecule has 1 aliphatic rings. The molecular weight excluding hydrogens is 497 g/mol. The minimum Gasteiger partial charge on any atom is -0.406 e. The summed E-state index contributed by atoms with van der Waals surface area (Å²) >= 11 is 0. The lowest BCUT2D eigenvalue weighted by atomic mass is 10.2. The number of aromatic nitrogens is 2. The number of benzene rings is 2. The summed E-state index contributed by atoms with van der Waals surface area (Å²) in [6.07, 6.45) is -4.86. The summed E-state index contributed by atoms with van der Waals surface area (Å²) in [6.45, 7) is 2.78. The Kier molecular flexibility index (Phi) is 7.00. The summed E-state index contributed by atoms with van der Waals surface area (Å²) in [5.41, 5.74) is 2.01. The van der Waals surface area contributed by atoms with Crippen molar-refractivity contribution in [2.45, 2.75) is 18.2 Å². The van der Waals surface area contributed by atoms with E-state index in [2.05, 4.69) is 26.1 Å². The number of nitrogens with one attached hydrogen (secondary N) is 1. The average molecular weight is 519 g/mol. The Morgan fingerprint density at radius 1 is 1.00 bits per heavy atom. The van der Waals surface area contributed by atoms with Gasteiger partial charge in [-0.05, 0) is 55.5 Å². The Balaban J connectivity index is 1.42. The first-order valence-electron chi connectivity index (χ1n) is 10.8. The quantitative estimate of drug-likeness (QED) is 0.525. The molecule has 0 bridgehead atoms. The van der Waals surface area contributed by atoms with Crippen molar-refractivity contribution < 1.29 is 26.3 Å². The zero-order valence-corrected chi connectivity index (χ0v) is 19.8. The van der Waals surface area contributed by atoms with Crippen LogP contribution in [0.3, 0.4) is 0 Å². The van der Waals surface area contributed by atoms with Gasteiger partial charge in [-0.15, -0.1) is 13.2 Å². The number of piperazine rings is 1. The Labute approximate surface area is 205 Å². The second-order valence-electron chi connectivity index (χ2n) is 7.92. The number of aryl methyl sites for hydroxylation is 1. The molecule has 0 radical (unpaired) electrons. The molecule has 4 rings (SSSR count). The number of hydrogen-bond acceptors (Lipinski definition) is 8. The van der Waals surface area contributed by atoms with E-state index in [4.69, 9.17) is 5.26 Å². The SMILES string of the molecule is Cc1cc(Nc2ccc(C#N)cc2)nc(N2CCN(S(=O)(=O)c3ccc(OC(F)(F)F)cc3)CC2)n1. The number of alkyl halides is 3. The second kappa shape index (κ2) is 10.00. The van der Waals surface area contributed by atoms with Crippen LogP contribution < -0.4 is 15.0 Å². The number of ether oxygens (including phenoxy) is 1. The van der Waals surface area contributed by atoms with Crippen molar-refractivity contribution in [1.29, 1.82) is 5.26 Å². The maximum absolute atomic E-state index is 13.0. The molecule has 1 fully saturated rings. The molecule has 13 heteroatoms. The van der Waals surface area contributed by atoms with Crippen molar-refractivity contribution in [1.82, 2.24) is 14.3 Å². The number of nitriles is 1. The fourth-order valence-corrected chi connectivity index (χ4v) is 5.05. The third-order valence-electron chi connectivity index (χ3n) is 5.35. The lowest BCUT2D eigenvalue weighted by molar-refractivity contribution is -0.274. The molecular formula is C23H21F3N6O3S. The van der Waals surface area contributed by atoms with E-state index in [-0.39, 0.29) is 18.0 Å². The fraction of sp³-hybridized carbons (Fsp3) is 0.261. The second-order valence-corrected chi connectivity index (χ2v) is 9.86. The van der Waals surface area contributed by atoms with Crippen LogP contribution in [0.2, 0.25) is 0 Å². The highest BCUT2D eigenvalue weighted by molar-refractivity contribution is 7.89. The van der Waals surface area contributed by atoms with Crippen LogP contribution in [0, 0.1) is 18.3 Å². The number of sulfonamides is 1. The number of anilines is 3. The van der Waals surface area contributed by atoms with E-state index in [0.717, 1.165) is 30.0 Å². The normalized spacial score (nSPS) is 14.8. The van der Waals surface area contributed by atoms with Gasteiger partial charge >= 0.3 is 6.36 Å². The van der Waals surface area contributed by atoms with Gasteiger partial charge in [0, 0.05) is 43.6 Å². The standard InChI is InChI=1S/C23H21F3N6O3S/c1-16-14-21(29-18-4-2-17(15-27)3-5-18)30-22(28-16)31-10-12-32(13-11-31)36(33,34)20-8-6-19(7-9-20)35-23(24,25)26/h2-9,14H,10-13H2,1H3,(H,28,29,30). The van der Waals surface area contributed by atoms with Crippen LogP contribution >= 0.6 is 0 Å². The van der Waals surface area contributed by atoms with Gasteiger partial charge in [-0.25, -0.2) is 13.4 Å². The summed E-state index contributed by atoms with van der Waals surface area (Å²) in [5, 5.41) is 12.1. The Morgan fingerprint density at radius 2 is 1.64 bits per heavy atom. The van der Waals surface area contributed by atoms with E-state index in [1.54, 1.807) is 30.3 Å². The average Bonchev–Trinajstić information content (AvgIpc) is 2.83. The van der Waals surface area contributed by atoms with Crippen LogP contribution in [0.1, 0.15) is 11.3 Å². The van der Waals surface area contributed by atoms with Crippen LogP contribution in [0.4, 0.5) is 30.6 Å². The highest BCUT2D eigenvalue weighted by Crippen LogP contribution is 2.26. The first-order valence-corrected chi connectivity index (χ1v) is 12.2. The summed E-state index contributed by atoms with van der Waals surface area (Å²) in [4.78, 5) is 10.8. The van der Waals surface area contributed by atoms with E-state index in [1.807, 2.05) is 11.8 Å². The number of nitrogens with zero attached hydrogens (tertiary/aromatic N) is 5. The van der Waals surface area contributed by atoms with Crippen molar-refractivity contribution in [3.05, 3.63) is 65.9 Å². The largest absolute Gasteiger partial charge is 0.573 e. The third-order valence-corrected chi connectivity index (χ3v) is 7.26. The van der Waals surface area contributed by atoms with E-state index < -0.39 is 22.1 Å². The maximum atomic E-state index is 13.0. The van der Waals surface area contributed by atoms with E-state index >= 15 is 0 Å². The predicted molar refractivity (Wildman–Crippen MR) is 125 cm³/mol. The molecule has 1 aliphatic heterocycles. The van der Waals surface area contributed by atoms with Crippen molar-refractivity contribution in [3.63, 3.8) is 0 Å². The number of hydrogen-bond donors (Lipinski definition) is 1. The van der Waals surface area contributed by atoms with E-state index in [1.165, 1.54) is 4.31 Å². The molecule has 0 amide bonds. The van der Waals surface area contributed by atoms with Crippen LogP contribution in [-0.4, -0.2) is 55.2 Å². The predicted octanol–water partition coefficient (Wildman–Crippen LogP) is 3.81. The fourth-order valence-electron chi connectivity index (χ4n) is 3.63. The Bertz CT molecular complexity index is 1370. The van der Waals surface area contributed by atoms with Gasteiger partial charge in [0.05, 0.1) is 16.5 Å². The van der Waals surface area contributed by atoms with Crippen LogP contribution in [-0.2, 0) is 10.0 Å². The zero-order valence-electron chi connectivity index (χ0n) is 19.0. The lowest BCUT2D eigenvalue weighted by Gasteiger charge is -2.34. The molecule has 0 aliphatic carbocycles. The molecule has 0 saturated carbocycles. The molecule has 1 N–H and O–H groups in total. The Morgan fingerprint density at radius 3 is 2.22 bits per heavy atom. The van der Waals surface area contributed by atoms with Crippen LogP contribution in [0.15, 0.2) is 59.5 Å². The van der Waals surface area contributed by atoms with Crippen molar-refractivity contribution in [3.8, 4) is 11.8 Å². The highest BCUT2D eigenvalue weighted by Gasteiger charge is 2.32. The number of rotatable bonds is 6. The lowest BCUT2D eigenvalue weighted by Crippen LogP contribution is -2.49. The van der Waals surface area contributed by atoms with Gasteiger partial charge in [0.1, 0.15) is 11.6 Å².